The highest BCUT2D eigenvalue weighted by Crippen LogP contribution is 2.21. The third kappa shape index (κ3) is 2.80. The van der Waals surface area contributed by atoms with E-state index < -0.39 is 29.4 Å². The molecule has 0 atom stereocenters. The summed E-state index contributed by atoms with van der Waals surface area (Å²) in [7, 11) is 0. The average molecular weight is 229 g/mol. The normalized spacial score (nSPS) is 11.9. The van der Waals surface area contributed by atoms with Gasteiger partial charge in [-0.15, -0.1) is 0 Å². The van der Waals surface area contributed by atoms with Crippen LogP contribution in [0, 0.1) is 12.7 Å². The Bertz CT molecular complexity index is 327. The molecule has 1 aromatic rings. The Kier molecular flexibility index (Phi) is 2.94. The van der Waals surface area contributed by atoms with Crippen molar-refractivity contribution in [2.75, 3.05) is 0 Å². The summed E-state index contributed by atoms with van der Waals surface area (Å²) < 4.78 is 48.5. The van der Waals surface area contributed by atoms with Crippen molar-refractivity contribution in [2.45, 2.75) is 19.5 Å². The molecule has 0 aromatic carbocycles. The van der Waals surface area contributed by atoms with E-state index in [1.165, 1.54) is 6.92 Å². The average Bonchev–Trinajstić information content (AvgIpc) is 1.96. The van der Waals surface area contributed by atoms with Gasteiger partial charge < -0.3 is 0 Å². The van der Waals surface area contributed by atoms with E-state index in [-0.39, 0.29) is 5.69 Å². The Morgan fingerprint density at radius 3 is 2.29 bits per heavy atom. The van der Waals surface area contributed by atoms with Crippen molar-refractivity contribution in [1.29, 1.82) is 0 Å². The van der Waals surface area contributed by atoms with Crippen molar-refractivity contribution in [3.63, 3.8) is 0 Å². The second-order valence-corrected chi connectivity index (χ2v) is 2.98. The molecule has 1 heterocycles. The molecule has 0 radical (unpaired) electrons. The van der Waals surface area contributed by atoms with Gasteiger partial charge in [0.1, 0.15) is 12.2 Å². The first-order valence-corrected chi connectivity index (χ1v) is 3.92. The predicted octanol–water partition coefficient (Wildman–Crippen LogP) is 2.68. The van der Waals surface area contributed by atoms with Gasteiger partial charge in [-0.2, -0.15) is 13.2 Å². The lowest BCUT2D eigenvalue weighted by atomic mass is 10.3. The van der Waals surface area contributed by atoms with Gasteiger partial charge in [0.15, 0.2) is 11.0 Å². The Morgan fingerprint density at radius 2 is 1.86 bits per heavy atom. The smallest absolute Gasteiger partial charge is 0.235 e. The quantitative estimate of drug-likeness (QED) is 0.546. The highest BCUT2D eigenvalue weighted by molar-refractivity contribution is 6.29. The third-order valence-corrected chi connectivity index (χ3v) is 1.63. The molecule has 0 spiro atoms. The fraction of sp³-hybridized carbons (Fsp3) is 0.429. The third-order valence-electron chi connectivity index (χ3n) is 1.38. The molecule has 0 unspecified atom stereocenters. The van der Waals surface area contributed by atoms with Gasteiger partial charge in [0, 0.05) is 0 Å². The second kappa shape index (κ2) is 3.68. The predicted molar refractivity (Wildman–Crippen MR) is 41.5 cm³/mol. The van der Waals surface area contributed by atoms with Crippen LogP contribution in [-0.4, -0.2) is 16.1 Å². The first-order valence-electron chi connectivity index (χ1n) is 3.55. The van der Waals surface area contributed by atoms with E-state index in [1.807, 2.05) is 0 Å². The number of halogens is 5. The molecule has 0 aliphatic carbocycles. The number of nitrogens with zero attached hydrogens (tertiary/aromatic N) is 2. The molecule has 0 aliphatic rings. The lowest BCUT2D eigenvalue weighted by Crippen LogP contribution is -2.15. The summed E-state index contributed by atoms with van der Waals surface area (Å²) in [5, 5.41) is -0.586. The zero-order chi connectivity index (χ0) is 10.9. The van der Waals surface area contributed by atoms with Gasteiger partial charge in [-0.05, 0) is 6.92 Å². The number of hydrogen-bond donors (Lipinski definition) is 0. The molecule has 14 heavy (non-hydrogen) atoms. The number of hydrogen-bond acceptors (Lipinski definition) is 2. The summed E-state index contributed by atoms with van der Waals surface area (Å²) >= 11 is 5.25. The van der Waals surface area contributed by atoms with Crippen molar-refractivity contribution in [1.82, 2.24) is 9.97 Å². The summed E-state index contributed by atoms with van der Waals surface area (Å²) in [6.07, 6.45) is -5.73. The number of aromatic nitrogens is 2. The maximum atomic E-state index is 12.8. The largest absolute Gasteiger partial charge is 0.396 e. The SMILES string of the molecule is Cc1nc(CC(F)(F)F)nc(Cl)c1F. The first kappa shape index (κ1) is 11.2. The molecular formula is C7H5ClF4N2. The fourth-order valence-electron chi connectivity index (χ4n) is 0.838. The van der Waals surface area contributed by atoms with E-state index in [0.29, 0.717) is 0 Å². The molecule has 78 valence electrons. The number of alkyl halides is 3. The van der Waals surface area contributed by atoms with Gasteiger partial charge in [-0.3, -0.25) is 0 Å². The lowest BCUT2D eigenvalue weighted by molar-refractivity contribution is -0.128. The van der Waals surface area contributed by atoms with Gasteiger partial charge in [0.2, 0.25) is 0 Å². The molecule has 0 fully saturated rings. The maximum absolute atomic E-state index is 12.8. The zero-order valence-electron chi connectivity index (χ0n) is 6.99. The van der Waals surface area contributed by atoms with E-state index in [9.17, 15) is 17.6 Å². The van der Waals surface area contributed by atoms with E-state index >= 15 is 0 Å². The van der Waals surface area contributed by atoms with E-state index in [0.717, 1.165) is 0 Å². The summed E-state index contributed by atoms with van der Waals surface area (Å²) in [6, 6.07) is 0. The highest BCUT2D eigenvalue weighted by Gasteiger charge is 2.30. The van der Waals surface area contributed by atoms with Crippen LogP contribution in [0.3, 0.4) is 0 Å². The summed E-state index contributed by atoms with van der Waals surface area (Å²) in [4.78, 5) is 6.51. The monoisotopic (exact) mass is 228 g/mol. The molecule has 0 amide bonds. The van der Waals surface area contributed by atoms with Crippen molar-refractivity contribution >= 4 is 11.6 Å². The lowest BCUT2D eigenvalue weighted by Gasteiger charge is -2.06. The molecule has 1 rings (SSSR count). The first-order chi connectivity index (χ1) is 6.29. The van der Waals surface area contributed by atoms with E-state index in [4.69, 9.17) is 11.6 Å². The molecule has 2 nitrogen and oxygen atoms in total. The molecule has 0 N–H and O–H groups in total. The minimum atomic E-state index is -4.42. The van der Waals surface area contributed by atoms with Crippen LogP contribution in [-0.2, 0) is 6.42 Å². The van der Waals surface area contributed by atoms with Gasteiger partial charge >= 0.3 is 6.18 Å². The van der Waals surface area contributed by atoms with Gasteiger partial charge in [0.25, 0.3) is 0 Å². The van der Waals surface area contributed by atoms with Crippen LogP contribution < -0.4 is 0 Å². The summed E-state index contributed by atoms with van der Waals surface area (Å²) in [5.41, 5.74) is -0.191. The molecule has 0 aliphatic heterocycles. The topological polar surface area (TPSA) is 25.8 Å². The van der Waals surface area contributed by atoms with Gasteiger partial charge in [0.05, 0.1) is 5.69 Å². The number of rotatable bonds is 1. The van der Waals surface area contributed by atoms with Crippen LogP contribution in [0.2, 0.25) is 5.15 Å². The van der Waals surface area contributed by atoms with Crippen LogP contribution in [0.15, 0.2) is 0 Å². The Labute approximate surface area is 81.9 Å². The Balaban J connectivity index is 3.02. The van der Waals surface area contributed by atoms with Crippen LogP contribution in [0.1, 0.15) is 11.5 Å². The summed E-state index contributed by atoms with van der Waals surface area (Å²) in [6.45, 7) is 1.22. The molecule has 1 aromatic heterocycles. The maximum Gasteiger partial charge on any atom is 0.396 e. The van der Waals surface area contributed by atoms with Crippen LogP contribution in [0.25, 0.3) is 0 Å². The minimum Gasteiger partial charge on any atom is -0.235 e. The Hall–Kier alpha value is -0.910. The number of aryl methyl sites for hydroxylation is 1. The molecule has 0 saturated carbocycles. The minimum absolute atomic E-state index is 0.191. The van der Waals surface area contributed by atoms with Crippen LogP contribution in [0.4, 0.5) is 17.6 Å². The van der Waals surface area contributed by atoms with Gasteiger partial charge in [-0.25, -0.2) is 14.4 Å². The summed E-state index contributed by atoms with van der Waals surface area (Å²) in [5.74, 6) is -1.42. The zero-order valence-corrected chi connectivity index (χ0v) is 7.75. The van der Waals surface area contributed by atoms with Crippen molar-refractivity contribution in [2.24, 2.45) is 0 Å². The van der Waals surface area contributed by atoms with Crippen molar-refractivity contribution in [3.05, 3.63) is 22.5 Å². The standard InChI is InChI=1S/C7H5ClF4N2/c1-3-5(9)6(8)14-4(13-3)2-7(10,11)12/h2H2,1H3. The molecule has 0 saturated heterocycles. The van der Waals surface area contributed by atoms with Crippen LogP contribution >= 0.6 is 11.6 Å². The van der Waals surface area contributed by atoms with Crippen molar-refractivity contribution < 1.29 is 17.6 Å². The van der Waals surface area contributed by atoms with Gasteiger partial charge in [-0.1, -0.05) is 11.6 Å². The Morgan fingerprint density at radius 1 is 1.29 bits per heavy atom. The van der Waals surface area contributed by atoms with E-state index in [1.54, 1.807) is 0 Å². The van der Waals surface area contributed by atoms with Crippen molar-refractivity contribution in [3.8, 4) is 0 Å². The second-order valence-electron chi connectivity index (χ2n) is 2.62. The molecular weight excluding hydrogens is 224 g/mol. The molecule has 0 bridgehead atoms. The highest BCUT2D eigenvalue weighted by atomic mass is 35.5. The van der Waals surface area contributed by atoms with E-state index in [2.05, 4.69) is 9.97 Å². The van der Waals surface area contributed by atoms with Crippen LogP contribution in [0.5, 0.6) is 0 Å². The molecule has 7 heteroatoms. The fourth-order valence-corrected chi connectivity index (χ4v) is 1.07.